The zero-order valence-electron chi connectivity index (χ0n) is 18.1. The maximum Gasteiger partial charge on any atom is 0.263 e. The summed E-state index contributed by atoms with van der Waals surface area (Å²) in [4.78, 5) is 31.7. The van der Waals surface area contributed by atoms with E-state index >= 15 is 0 Å². The minimum absolute atomic E-state index is 0.0395. The Bertz CT molecular complexity index is 1230. The van der Waals surface area contributed by atoms with E-state index in [-0.39, 0.29) is 12.4 Å². The van der Waals surface area contributed by atoms with E-state index in [0.717, 1.165) is 16.0 Å². The zero-order valence-corrected chi connectivity index (χ0v) is 18.1. The van der Waals surface area contributed by atoms with Crippen molar-refractivity contribution in [2.24, 2.45) is 10.3 Å². The van der Waals surface area contributed by atoms with E-state index < -0.39 is 23.9 Å². The van der Waals surface area contributed by atoms with Crippen molar-refractivity contribution in [3.05, 3.63) is 53.9 Å². The fourth-order valence-corrected chi connectivity index (χ4v) is 3.81. The number of aryl methyl sites for hydroxylation is 1. The van der Waals surface area contributed by atoms with Crippen LogP contribution in [0.4, 0.5) is 5.69 Å². The highest BCUT2D eigenvalue weighted by molar-refractivity contribution is 6.25. The summed E-state index contributed by atoms with van der Waals surface area (Å²) in [5.74, 6) is 0.662. The van der Waals surface area contributed by atoms with Crippen LogP contribution in [0.15, 0.2) is 57.3 Å². The molecule has 2 aliphatic rings. The highest BCUT2D eigenvalue weighted by Gasteiger charge is 2.55. The van der Waals surface area contributed by atoms with E-state index in [1.807, 2.05) is 31.2 Å². The van der Waals surface area contributed by atoms with Crippen LogP contribution in [-0.4, -0.2) is 53.3 Å². The number of amides is 2. The predicted octanol–water partition coefficient (Wildman–Crippen LogP) is 2.56. The summed E-state index contributed by atoms with van der Waals surface area (Å²) in [5.41, 5.74) is 2.26. The third-order valence-electron chi connectivity index (χ3n) is 5.53. The zero-order chi connectivity index (χ0) is 23.1. The molecule has 11 nitrogen and oxygen atoms in total. The first kappa shape index (κ1) is 20.6. The number of carbonyl (C=O) groups is 2. The van der Waals surface area contributed by atoms with Crippen LogP contribution in [0.1, 0.15) is 11.5 Å². The molecular weight excluding hydrogens is 428 g/mol. The second-order valence-electron chi connectivity index (χ2n) is 7.65. The van der Waals surface area contributed by atoms with Crippen molar-refractivity contribution in [2.45, 2.75) is 25.6 Å². The number of aromatic nitrogens is 2. The van der Waals surface area contributed by atoms with Gasteiger partial charge in [0.1, 0.15) is 18.0 Å². The number of anilines is 1. The highest BCUT2D eigenvalue weighted by Crippen LogP contribution is 2.36. The Morgan fingerprint density at radius 2 is 1.70 bits per heavy atom. The van der Waals surface area contributed by atoms with Crippen LogP contribution in [0, 0.1) is 6.92 Å². The first-order valence-corrected chi connectivity index (χ1v) is 10.2. The number of rotatable bonds is 6. The quantitative estimate of drug-likeness (QED) is 0.527. The predicted molar refractivity (Wildman–Crippen MR) is 114 cm³/mol. The molecule has 2 aliphatic heterocycles. The standard InChI is InChI=1S/C22H20N6O5/c1-12-4-6-13(7-5-12)20-23-17(33-25-20)11-27-19-18(24-26-27)21(29)28(22(19)30)14-8-15(31-2)10-16(9-14)32-3/h4-10,18-19H,11H2,1-3H3/t18-,19+/m1/s1. The maximum atomic E-state index is 13.3. The topological polar surface area (TPSA) is 123 Å². The third kappa shape index (κ3) is 3.56. The summed E-state index contributed by atoms with van der Waals surface area (Å²) < 4.78 is 15.9. The van der Waals surface area contributed by atoms with Gasteiger partial charge in [0.25, 0.3) is 11.8 Å². The molecule has 2 amide bonds. The molecular formula is C22H20N6O5. The average Bonchev–Trinajstić information content (AvgIpc) is 3.52. The molecule has 33 heavy (non-hydrogen) atoms. The molecule has 0 spiro atoms. The van der Waals surface area contributed by atoms with Crippen LogP contribution in [0.5, 0.6) is 11.5 Å². The van der Waals surface area contributed by atoms with E-state index in [0.29, 0.717) is 23.0 Å². The second kappa shape index (κ2) is 8.01. The molecule has 2 aromatic carbocycles. The molecule has 1 aromatic heterocycles. The van der Waals surface area contributed by atoms with Crippen molar-refractivity contribution in [2.75, 3.05) is 19.1 Å². The summed E-state index contributed by atoms with van der Waals surface area (Å²) in [6.45, 7) is 2.03. The number of hydrogen-bond acceptors (Lipinski definition) is 10. The largest absolute Gasteiger partial charge is 0.497 e. The van der Waals surface area contributed by atoms with Gasteiger partial charge in [0.05, 0.1) is 19.9 Å². The van der Waals surface area contributed by atoms with Gasteiger partial charge in [-0.05, 0) is 6.92 Å². The van der Waals surface area contributed by atoms with E-state index in [4.69, 9.17) is 14.0 Å². The summed E-state index contributed by atoms with van der Waals surface area (Å²) in [6.07, 6.45) is 0. The number of methoxy groups -OCH3 is 2. The normalized spacial score (nSPS) is 19.4. The number of hydrogen-bond donors (Lipinski definition) is 0. The molecule has 0 unspecified atom stereocenters. The van der Waals surface area contributed by atoms with Crippen molar-refractivity contribution >= 4 is 17.5 Å². The second-order valence-corrected chi connectivity index (χ2v) is 7.65. The van der Waals surface area contributed by atoms with Gasteiger partial charge in [-0.25, -0.2) is 4.90 Å². The maximum absolute atomic E-state index is 13.3. The van der Waals surface area contributed by atoms with Gasteiger partial charge in [0.2, 0.25) is 11.7 Å². The van der Waals surface area contributed by atoms with Crippen molar-refractivity contribution in [1.82, 2.24) is 15.1 Å². The van der Waals surface area contributed by atoms with Crippen LogP contribution < -0.4 is 14.4 Å². The summed E-state index contributed by atoms with van der Waals surface area (Å²) in [5, 5.41) is 13.4. The smallest absolute Gasteiger partial charge is 0.263 e. The Balaban J connectivity index is 1.37. The van der Waals surface area contributed by atoms with Crippen molar-refractivity contribution in [3.8, 4) is 22.9 Å². The average molecular weight is 448 g/mol. The molecule has 0 saturated carbocycles. The lowest BCUT2D eigenvalue weighted by atomic mass is 10.1. The van der Waals surface area contributed by atoms with Gasteiger partial charge < -0.3 is 14.0 Å². The van der Waals surface area contributed by atoms with Crippen LogP contribution >= 0.6 is 0 Å². The van der Waals surface area contributed by atoms with E-state index in [1.165, 1.54) is 19.2 Å². The SMILES string of the molecule is COc1cc(OC)cc(N2C(=O)[C@@H]3[C@@H](N=NN3Cc3nc(-c4ccc(C)cc4)no3)C2=O)c1. The van der Waals surface area contributed by atoms with E-state index in [1.54, 1.807) is 18.2 Å². The van der Waals surface area contributed by atoms with Gasteiger partial charge in [0.15, 0.2) is 12.1 Å². The van der Waals surface area contributed by atoms with Crippen LogP contribution in [0.2, 0.25) is 0 Å². The van der Waals surface area contributed by atoms with Gasteiger partial charge in [0, 0.05) is 23.8 Å². The summed E-state index contributed by atoms with van der Waals surface area (Å²) in [6, 6.07) is 10.7. The highest BCUT2D eigenvalue weighted by atomic mass is 16.5. The lowest BCUT2D eigenvalue weighted by molar-refractivity contribution is -0.123. The molecule has 2 atom stereocenters. The lowest BCUT2D eigenvalue weighted by Gasteiger charge is -2.20. The molecule has 168 valence electrons. The first-order chi connectivity index (χ1) is 16.0. The Morgan fingerprint density at radius 1 is 1.00 bits per heavy atom. The number of ether oxygens (including phenoxy) is 2. The minimum Gasteiger partial charge on any atom is -0.497 e. The fourth-order valence-electron chi connectivity index (χ4n) is 3.81. The first-order valence-electron chi connectivity index (χ1n) is 10.2. The molecule has 0 aliphatic carbocycles. The minimum atomic E-state index is -0.950. The van der Waals surface area contributed by atoms with Crippen LogP contribution in [-0.2, 0) is 16.1 Å². The molecule has 11 heteroatoms. The molecule has 5 rings (SSSR count). The van der Waals surface area contributed by atoms with Gasteiger partial charge >= 0.3 is 0 Å². The number of nitrogens with zero attached hydrogens (tertiary/aromatic N) is 6. The lowest BCUT2D eigenvalue weighted by Crippen LogP contribution is -2.39. The molecule has 1 fully saturated rings. The number of benzene rings is 2. The van der Waals surface area contributed by atoms with Gasteiger partial charge in [-0.3, -0.25) is 14.6 Å². The Kier molecular flexibility index (Phi) is 5.00. The Hall–Kier alpha value is -4.28. The van der Waals surface area contributed by atoms with Gasteiger partial charge in [-0.1, -0.05) is 40.2 Å². The van der Waals surface area contributed by atoms with Crippen molar-refractivity contribution in [3.63, 3.8) is 0 Å². The Morgan fingerprint density at radius 3 is 2.36 bits per heavy atom. The molecule has 0 radical (unpaired) electrons. The summed E-state index contributed by atoms with van der Waals surface area (Å²) >= 11 is 0. The summed E-state index contributed by atoms with van der Waals surface area (Å²) in [7, 11) is 2.98. The van der Waals surface area contributed by atoms with Crippen LogP contribution in [0.3, 0.4) is 0 Å². The molecule has 0 bridgehead atoms. The molecule has 1 saturated heterocycles. The number of carbonyl (C=O) groups excluding carboxylic acids is 2. The fraction of sp³-hybridized carbons (Fsp3) is 0.273. The Labute approximate surface area is 188 Å². The number of imide groups is 1. The number of fused-ring (bicyclic) bond motifs is 1. The van der Waals surface area contributed by atoms with Crippen molar-refractivity contribution < 1.29 is 23.6 Å². The monoisotopic (exact) mass is 448 g/mol. The van der Waals surface area contributed by atoms with E-state index in [2.05, 4.69) is 20.5 Å². The van der Waals surface area contributed by atoms with Gasteiger partial charge in [-0.2, -0.15) is 10.1 Å². The molecule has 3 aromatic rings. The molecule has 0 N–H and O–H groups in total. The third-order valence-corrected chi connectivity index (χ3v) is 5.53. The molecule has 3 heterocycles. The van der Waals surface area contributed by atoms with Crippen molar-refractivity contribution in [1.29, 1.82) is 0 Å². The van der Waals surface area contributed by atoms with E-state index in [9.17, 15) is 9.59 Å². The van der Waals surface area contributed by atoms with Gasteiger partial charge in [-0.15, -0.1) is 0 Å². The van der Waals surface area contributed by atoms with Crippen LogP contribution in [0.25, 0.3) is 11.4 Å².